The molecule has 0 radical (unpaired) electrons. The number of phosphoric acid groups is 1. The second kappa shape index (κ2) is 43.9. The molecular formula is C53H89NO8P+. The molecule has 0 aliphatic rings. The van der Waals surface area contributed by atoms with Gasteiger partial charge in [0.25, 0.3) is 0 Å². The van der Waals surface area contributed by atoms with Crippen molar-refractivity contribution >= 4 is 19.8 Å². The molecule has 1 N–H and O–H groups in total. The number of quaternary nitrogens is 1. The van der Waals surface area contributed by atoms with Crippen molar-refractivity contribution in [3.05, 3.63) is 109 Å². The Morgan fingerprint density at radius 3 is 1.37 bits per heavy atom. The van der Waals surface area contributed by atoms with E-state index in [9.17, 15) is 19.0 Å². The number of ether oxygens (including phenoxy) is 2. The van der Waals surface area contributed by atoms with Crippen molar-refractivity contribution in [1.82, 2.24) is 0 Å². The first-order valence-electron chi connectivity index (χ1n) is 24.1. The minimum atomic E-state index is -4.39. The number of hydrogen-bond donors (Lipinski definition) is 1. The topological polar surface area (TPSA) is 108 Å². The standard InChI is InChI=1S/C53H88NO8P/c1-6-8-10-12-14-16-18-19-20-21-22-23-24-25-26-27-28-29-30-31-32-33-34-35-36-38-40-42-44-46-53(56)62-51(50-61-63(57,58)60-48-47-54(3,4)5)49-59-52(55)45-43-41-39-37-17-15-13-11-9-7-2/h8,10-11,13-14,16,19-20,22-23,25-26,28-29,31-32,34-35,51H,6-7,9,12,15,17-18,21,24,27,30,33,36-50H2,1-5H3/p+1/b10-8-,13-11-,16-14-,20-19-,23-22-,26-25-,29-28-,32-31-,35-34-. The average Bonchev–Trinajstić information content (AvgIpc) is 3.24. The number of rotatable bonds is 42. The van der Waals surface area contributed by atoms with Crippen LogP contribution in [0, 0.1) is 0 Å². The van der Waals surface area contributed by atoms with Crippen molar-refractivity contribution in [1.29, 1.82) is 0 Å². The van der Waals surface area contributed by atoms with Gasteiger partial charge in [-0.2, -0.15) is 0 Å². The van der Waals surface area contributed by atoms with E-state index in [2.05, 4.69) is 123 Å². The van der Waals surface area contributed by atoms with Crippen molar-refractivity contribution < 1.29 is 42.1 Å². The van der Waals surface area contributed by atoms with E-state index in [1.807, 2.05) is 21.1 Å². The van der Waals surface area contributed by atoms with Gasteiger partial charge in [0.1, 0.15) is 19.8 Å². The normalized spacial score (nSPS) is 14.4. The highest BCUT2D eigenvalue weighted by molar-refractivity contribution is 7.47. The number of allylic oxidation sites excluding steroid dienone is 18. The summed E-state index contributed by atoms with van der Waals surface area (Å²) < 4.78 is 34.3. The number of unbranched alkanes of at least 4 members (excludes halogenated alkanes) is 10. The molecule has 0 aromatic heterocycles. The van der Waals surface area contributed by atoms with Gasteiger partial charge in [-0.25, -0.2) is 4.57 Å². The van der Waals surface area contributed by atoms with Gasteiger partial charge in [0.2, 0.25) is 0 Å². The summed E-state index contributed by atoms with van der Waals surface area (Å²) in [7, 11) is 1.43. The zero-order chi connectivity index (χ0) is 46.4. The second-order valence-corrected chi connectivity index (χ2v) is 18.2. The highest BCUT2D eigenvalue weighted by Crippen LogP contribution is 2.43. The molecule has 0 rings (SSSR count). The molecular weight excluding hydrogens is 810 g/mol. The Kier molecular flexibility index (Phi) is 41.6. The Labute approximate surface area is 385 Å². The zero-order valence-electron chi connectivity index (χ0n) is 40.3. The molecule has 0 aliphatic carbocycles. The van der Waals surface area contributed by atoms with Crippen LogP contribution in [0.2, 0.25) is 0 Å². The zero-order valence-corrected chi connectivity index (χ0v) is 41.2. The summed E-state index contributed by atoms with van der Waals surface area (Å²) in [4.78, 5) is 35.4. The van der Waals surface area contributed by atoms with Gasteiger partial charge in [-0.05, 0) is 96.3 Å². The molecule has 0 amide bonds. The summed E-state index contributed by atoms with van der Waals surface area (Å²) in [5, 5.41) is 0. The van der Waals surface area contributed by atoms with Gasteiger partial charge in [-0.15, -0.1) is 0 Å². The molecule has 0 spiro atoms. The fourth-order valence-electron chi connectivity index (χ4n) is 5.79. The summed E-state index contributed by atoms with van der Waals surface area (Å²) in [6, 6.07) is 0. The quantitative estimate of drug-likeness (QED) is 0.0212. The van der Waals surface area contributed by atoms with Gasteiger partial charge in [-0.1, -0.05) is 162 Å². The highest BCUT2D eigenvalue weighted by atomic mass is 31.2. The molecule has 0 saturated heterocycles. The first-order chi connectivity index (χ1) is 30.5. The Morgan fingerprint density at radius 2 is 0.905 bits per heavy atom. The van der Waals surface area contributed by atoms with Crippen LogP contribution in [-0.4, -0.2) is 74.9 Å². The minimum absolute atomic E-state index is 0.0187. The molecule has 0 bridgehead atoms. The van der Waals surface area contributed by atoms with Crippen molar-refractivity contribution in [3.8, 4) is 0 Å². The largest absolute Gasteiger partial charge is 0.472 e. The summed E-state index contributed by atoms with van der Waals surface area (Å²) in [5.74, 6) is -0.852. The first kappa shape index (κ1) is 59.7. The minimum Gasteiger partial charge on any atom is -0.462 e. The van der Waals surface area contributed by atoms with Crippen molar-refractivity contribution in [2.75, 3.05) is 47.5 Å². The Bertz CT molecular complexity index is 1430. The third-order valence-electron chi connectivity index (χ3n) is 9.52. The fraction of sp³-hybridized carbons (Fsp3) is 0.623. The van der Waals surface area contributed by atoms with Crippen LogP contribution in [0.15, 0.2) is 109 Å². The second-order valence-electron chi connectivity index (χ2n) is 16.8. The Balaban J connectivity index is 4.30. The van der Waals surface area contributed by atoms with E-state index in [1.54, 1.807) is 0 Å². The molecule has 358 valence electrons. The predicted octanol–water partition coefficient (Wildman–Crippen LogP) is 14.3. The molecule has 0 fully saturated rings. The SMILES string of the molecule is CC/C=C\C/C=C\C/C=C\C/C=C\C/C=C\C/C=C\C/C=C\C/C=C\CCCCCCC(=O)OC(COC(=O)CCCCCCC/C=C\CCC)COP(=O)(O)OCC[N+](C)(C)C. The maximum Gasteiger partial charge on any atom is 0.472 e. The van der Waals surface area contributed by atoms with Gasteiger partial charge in [0.15, 0.2) is 6.10 Å². The third-order valence-corrected chi connectivity index (χ3v) is 10.5. The maximum atomic E-state index is 12.7. The van der Waals surface area contributed by atoms with Crippen LogP contribution < -0.4 is 0 Å². The molecule has 63 heavy (non-hydrogen) atoms. The van der Waals surface area contributed by atoms with Crippen LogP contribution in [-0.2, 0) is 32.7 Å². The van der Waals surface area contributed by atoms with Gasteiger partial charge in [0, 0.05) is 12.8 Å². The van der Waals surface area contributed by atoms with Crippen LogP contribution in [0.4, 0.5) is 0 Å². The molecule has 0 heterocycles. The lowest BCUT2D eigenvalue weighted by atomic mass is 10.1. The molecule has 0 saturated carbocycles. The van der Waals surface area contributed by atoms with E-state index in [0.717, 1.165) is 122 Å². The number of carbonyl (C=O) groups excluding carboxylic acids is 2. The molecule has 2 atom stereocenters. The lowest BCUT2D eigenvalue weighted by Crippen LogP contribution is -2.37. The summed E-state index contributed by atoms with van der Waals surface area (Å²) in [6.45, 7) is 4.17. The van der Waals surface area contributed by atoms with Crippen molar-refractivity contribution in [2.24, 2.45) is 0 Å². The van der Waals surface area contributed by atoms with Crippen LogP contribution in [0.1, 0.15) is 162 Å². The van der Waals surface area contributed by atoms with Crippen LogP contribution in [0.3, 0.4) is 0 Å². The number of hydrogen-bond acceptors (Lipinski definition) is 7. The molecule has 0 aliphatic heterocycles. The summed E-state index contributed by atoms with van der Waals surface area (Å²) in [6.07, 6.45) is 60.1. The molecule has 10 heteroatoms. The number of esters is 2. The lowest BCUT2D eigenvalue weighted by molar-refractivity contribution is -0.870. The number of likely N-dealkylation sites (N-methyl/N-ethyl adjacent to an activating group) is 1. The number of nitrogens with zero attached hydrogens (tertiary/aromatic N) is 1. The van der Waals surface area contributed by atoms with E-state index in [0.29, 0.717) is 17.4 Å². The van der Waals surface area contributed by atoms with Crippen LogP contribution in [0.25, 0.3) is 0 Å². The van der Waals surface area contributed by atoms with Crippen molar-refractivity contribution in [2.45, 2.75) is 168 Å². The van der Waals surface area contributed by atoms with E-state index < -0.39 is 32.5 Å². The smallest absolute Gasteiger partial charge is 0.462 e. The van der Waals surface area contributed by atoms with Gasteiger partial charge >= 0.3 is 19.8 Å². The Morgan fingerprint density at radius 1 is 0.508 bits per heavy atom. The molecule has 0 aromatic carbocycles. The number of phosphoric ester groups is 1. The van der Waals surface area contributed by atoms with E-state index >= 15 is 0 Å². The molecule has 0 aromatic rings. The van der Waals surface area contributed by atoms with Crippen LogP contribution >= 0.6 is 7.82 Å². The Hall–Kier alpha value is -3.33. The van der Waals surface area contributed by atoms with Gasteiger partial charge < -0.3 is 18.9 Å². The lowest BCUT2D eigenvalue weighted by Gasteiger charge is -2.24. The summed E-state index contributed by atoms with van der Waals surface area (Å²) >= 11 is 0. The fourth-order valence-corrected chi connectivity index (χ4v) is 6.54. The van der Waals surface area contributed by atoms with E-state index in [1.165, 1.54) is 6.42 Å². The maximum absolute atomic E-state index is 12.7. The van der Waals surface area contributed by atoms with E-state index in [-0.39, 0.29) is 26.1 Å². The van der Waals surface area contributed by atoms with Crippen molar-refractivity contribution in [3.63, 3.8) is 0 Å². The first-order valence-corrected chi connectivity index (χ1v) is 25.6. The highest BCUT2D eigenvalue weighted by Gasteiger charge is 2.27. The van der Waals surface area contributed by atoms with Gasteiger partial charge in [-0.3, -0.25) is 18.6 Å². The predicted molar refractivity (Wildman–Crippen MR) is 265 cm³/mol. The molecule has 2 unspecified atom stereocenters. The monoisotopic (exact) mass is 899 g/mol. The third kappa shape index (κ3) is 48.0. The average molecular weight is 899 g/mol. The van der Waals surface area contributed by atoms with Gasteiger partial charge in [0.05, 0.1) is 27.7 Å². The van der Waals surface area contributed by atoms with Crippen LogP contribution in [0.5, 0.6) is 0 Å². The van der Waals surface area contributed by atoms with E-state index in [4.69, 9.17) is 18.5 Å². The number of carbonyl (C=O) groups is 2. The molecule has 9 nitrogen and oxygen atoms in total. The summed E-state index contributed by atoms with van der Waals surface area (Å²) in [5.41, 5.74) is 0.